The fourth-order valence-corrected chi connectivity index (χ4v) is 6.32. The van der Waals surface area contributed by atoms with Gasteiger partial charge < -0.3 is 4.74 Å². The van der Waals surface area contributed by atoms with Crippen molar-refractivity contribution in [3.05, 3.63) is 53.6 Å². The van der Waals surface area contributed by atoms with Crippen LogP contribution < -0.4 is 4.74 Å². The standard InChI is InChI=1S/C29H36F4O/c1-2-3-4-5-6-19-7-8-22-16-23(10-9-21(22)15-19)24-17-26(30)28(27(31)18-24)20-11-13-25(14-12-20)34-29(32)33/h11-14,17-19,21-23,29H,2-10,15-16H2,1H3/t19?,21-,22-,23-/m1/s1. The van der Waals surface area contributed by atoms with Crippen LogP contribution in [0, 0.1) is 29.4 Å². The lowest BCUT2D eigenvalue weighted by Gasteiger charge is -2.42. The van der Waals surface area contributed by atoms with Crippen LogP contribution in [-0.4, -0.2) is 6.61 Å². The minimum absolute atomic E-state index is 0.0383. The maximum Gasteiger partial charge on any atom is 0.387 e. The van der Waals surface area contributed by atoms with E-state index in [1.165, 1.54) is 87.8 Å². The summed E-state index contributed by atoms with van der Waals surface area (Å²) in [7, 11) is 0. The number of unbranched alkanes of at least 4 members (excludes halogenated alkanes) is 3. The molecule has 4 atom stereocenters. The summed E-state index contributed by atoms with van der Waals surface area (Å²) in [6.07, 6.45) is 13.7. The summed E-state index contributed by atoms with van der Waals surface area (Å²) >= 11 is 0. The Bertz CT molecular complexity index is 903. The van der Waals surface area contributed by atoms with Gasteiger partial charge in [-0.3, -0.25) is 0 Å². The van der Waals surface area contributed by atoms with Crippen LogP contribution in [0.2, 0.25) is 0 Å². The zero-order valence-corrected chi connectivity index (χ0v) is 20.0. The van der Waals surface area contributed by atoms with Crippen LogP contribution in [0.25, 0.3) is 11.1 Å². The van der Waals surface area contributed by atoms with Crippen molar-refractivity contribution in [3.63, 3.8) is 0 Å². The van der Waals surface area contributed by atoms with E-state index in [0.29, 0.717) is 11.5 Å². The molecular formula is C29H36F4O. The SMILES string of the molecule is CCCCCCC1CC[C@@H]2C[C@H](c3cc(F)c(-c4ccc(OC(F)F)cc4)c(F)c3)CC[C@@H]2C1. The van der Waals surface area contributed by atoms with Crippen molar-refractivity contribution in [3.8, 4) is 16.9 Å². The first kappa shape index (κ1) is 25.1. The second-order valence-electron chi connectivity index (χ2n) is 10.3. The molecule has 0 spiro atoms. The molecule has 0 heterocycles. The lowest BCUT2D eigenvalue weighted by atomic mass is 9.63. The zero-order valence-electron chi connectivity index (χ0n) is 20.0. The summed E-state index contributed by atoms with van der Waals surface area (Å²) < 4.78 is 59.1. The second-order valence-corrected chi connectivity index (χ2v) is 10.3. The summed E-state index contributed by atoms with van der Waals surface area (Å²) in [4.78, 5) is 0. The number of halogens is 4. The molecule has 2 aromatic carbocycles. The Hall–Kier alpha value is -2.04. The fourth-order valence-electron chi connectivity index (χ4n) is 6.32. The number of rotatable bonds is 9. The van der Waals surface area contributed by atoms with Gasteiger partial charge in [0.05, 0.1) is 5.56 Å². The van der Waals surface area contributed by atoms with E-state index in [-0.39, 0.29) is 17.2 Å². The molecule has 186 valence electrons. The third-order valence-electron chi connectivity index (χ3n) is 8.09. The fraction of sp³-hybridized carbons (Fsp3) is 0.586. The molecule has 0 N–H and O–H groups in total. The van der Waals surface area contributed by atoms with Crippen molar-refractivity contribution >= 4 is 0 Å². The van der Waals surface area contributed by atoms with Gasteiger partial charge in [0.1, 0.15) is 17.4 Å². The highest BCUT2D eigenvalue weighted by Gasteiger charge is 2.36. The molecule has 2 aliphatic carbocycles. The number of alkyl halides is 2. The van der Waals surface area contributed by atoms with Crippen LogP contribution in [0.4, 0.5) is 17.6 Å². The number of ether oxygens (including phenoxy) is 1. The third kappa shape index (κ3) is 6.14. The van der Waals surface area contributed by atoms with Crippen molar-refractivity contribution in [1.82, 2.24) is 0 Å². The van der Waals surface area contributed by atoms with Crippen molar-refractivity contribution in [2.75, 3.05) is 0 Å². The average Bonchev–Trinajstić information content (AvgIpc) is 2.81. The van der Waals surface area contributed by atoms with Crippen molar-refractivity contribution < 1.29 is 22.3 Å². The molecule has 5 heteroatoms. The minimum atomic E-state index is -2.94. The van der Waals surface area contributed by atoms with E-state index in [1.807, 2.05) is 0 Å². The highest BCUT2D eigenvalue weighted by atomic mass is 19.3. The van der Waals surface area contributed by atoms with Gasteiger partial charge in [-0.25, -0.2) is 8.78 Å². The van der Waals surface area contributed by atoms with E-state index < -0.39 is 18.2 Å². The molecule has 2 aromatic rings. The molecule has 0 aliphatic heterocycles. The number of benzene rings is 2. The Balaban J connectivity index is 1.38. The second kappa shape index (κ2) is 11.6. The summed E-state index contributed by atoms with van der Waals surface area (Å²) in [5.41, 5.74) is 0.935. The molecule has 0 radical (unpaired) electrons. The van der Waals surface area contributed by atoms with Crippen LogP contribution in [0.15, 0.2) is 36.4 Å². The molecule has 0 amide bonds. The quantitative estimate of drug-likeness (QED) is 0.259. The third-order valence-corrected chi connectivity index (χ3v) is 8.09. The van der Waals surface area contributed by atoms with Crippen molar-refractivity contribution in [2.24, 2.45) is 17.8 Å². The van der Waals surface area contributed by atoms with E-state index in [2.05, 4.69) is 11.7 Å². The van der Waals surface area contributed by atoms with Crippen LogP contribution >= 0.6 is 0 Å². The first-order chi connectivity index (χ1) is 16.4. The summed E-state index contributed by atoms with van der Waals surface area (Å²) in [6.45, 7) is -0.685. The maximum absolute atomic E-state index is 15.0. The summed E-state index contributed by atoms with van der Waals surface area (Å²) in [5.74, 6) is 1.25. The largest absolute Gasteiger partial charge is 0.435 e. The Labute approximate surface area is 200 Å². The van der Waals surface area contributed by atoms with Gasteiger partial charge in [0, 0.05) is 0 Å². The van der Waals surface area contributed by atoms with Gasteiger partial charge in [-0.05, 0) is 91.2 Å². The monoisotopic (exact) mass is 476 g/mol. The Morgan fingerprint density at radius 2 is 1.53 bits per heavy atom. The molecule has 4 rings (SSSR count). The van der Waals surface area contributed by atoms with E-state index in [0.717, 1.165) is 36.7 Å². The van der Waals surface area contributed by atoms with E-state index >= 15 is 8.78 Å². The maximum atomic E-state index is 15.0. The molecule has 1 nitrogen and oxygen atoms in total. The molecule has 2 fully saturated rings. The predicted molar refractivity (Wildman–Crippen MR) is 128 cm³/mol. The van der Waals surface area contributed by atoms with Gasteiger partial charge in [-0.15, -0.1) is 0 Å². The summed E-state index contributed by atoms with van der Waals surface area (Å²) in [6, 6.07) is 8.37. The Morgan fingerprint density at radius 3 is 2.21 bits per heavy atom. The topological polar surface area (TPSA) is 9.23 Å². The van der Waals surface area contributed by atoms with Gasteiger partial charge in [0.15, 0.2) is 0 Å². The van der Waals surface area contributed by atoms with Crippen LogP contribution in [0.3, 0.4) is 0 Å². The van der Waals surface area contributed by atoms with E-state index in [1.54, 1.807) is 0 Å². The van der Waals surface area contributed by atoms with Crippen LogP contribution in [-0.2, 0) is 0 Å². The van der Waals surface area contributed by atoms with Crippen LogP contribution in [0.1, 0.15) is 89.0 Å². The lowest BCUT2D eigenvalue weighted by Crippen LogP contribution is -2.30. The minimum Gasteiger partial charge on any atom is -0.435 e. The van der Waals surface area contributed by atoms with Gasteiger partial charge >= 0.3 is 6.61 Å². The predicted octanol–water partition coefficient (Wildman–Crippen LogP) is 9.50. The van der Waals surface area contributed by atoms with E-state index in [4.69, 9.17) is 0 Å². The highest BCUT2D eigenvalue weighted by molar-refractivity contribution is 5.66. The van der Waals surface area contributed by atoms with Crippen molar-refractivity contribution in [1.29, 1.82) is 0 Å². The zero-order chi connectivity index (χ0) is 24.1. The van der Waals surface area contributed by atoms with Gasteiger partial charge in [-0.2, -0.15) is 8.78 Å². The molecule has 0 bridgehead atoms. The molecule has 34 heavy (non-hydrogen) atoms. The first-order valence-corrected chi connectivity index (χ1v) is 13.0. The van der Waals surface area contributed by atoms with E-state index in [9.17, 15) is 8.78 Å². The normalized spacial score (nSPS) is 24.8. The van der Waals surface area contributed by atoms with Crippen LogP contribution in [0.5, 0.6) is 5.75 Å². The molecule has 0 aromatic heterocycles. The smallest absolute Gasteiger partial charge is 0.387 e. The molecule has 1 unspecified atom stereocenters. The highest BCUT2D eigenvalue weighted by Crippen LogP contribution is 2.49. The Morgan fingerprint density at radius 1 is 0.853 bits per heavy atom. The first-order valence-electron chi connectivity index (χ1n) is 13.0. The molecule has 2 aliphatic rings. The number of fused-ring (bicyclic) bond motifs is 1. The molecular weight excluding hydrogens is 440 g/mol. The molecule has 0 saturated heterocycles. The Kier molecular flexibility index (Phi) is 8.55. The number of hydrogen-bond acceptors (Lipinski definition) is 1. The van der Waals surface area contributed by atoms with Gasteiger partial charge in [-0.1, -0.05) is 57.6 Å². The van der Waals surface area contributed by atoms with Crippen molar-refractivity contribution in [2.45, 2.75) is 90.1 Å². The summed E-state index contributed by atoms with van der Waals surface area (Å²) in [5, 5.41) is 0. The lowest BCUT2D eigenvalue weighted by molar-refractivity contribution is -0.0498. The molecule has 2 saturated carbocycles. The number of hydrogen-bond donors (Lipinski definition) is 0. The van der Waals surface area contributed by atoms with Gasteiger partial charge in [0.25, 0.3) is 0 Å². The average molecular weight is 477 g/mol. The van der Waals surface area contributed by atoms with Gasteiger partial charge in [0.2, 0.25) is 0 Å².